The molecule has 0 saturated carbocycles. The molecule has 6 nitrogen and oxygen atoms in total. The van der Waals surface area contributed by atoms with Crippen LogP contribution >= 0.6 is 0 Å². The molecule has 2 amide bonds. The number of rotatable bonds is 8. The van der Waals surface area contributed by atoms with Gasteiger partial charge in [-0.05, 0) is 29.3 Å². The number of amides is 2. The lowest BCUT2D eigenvalue weighted by Crippen LogP contribution is -2.41. The Hall–Kier alpha value is -2.60. The monoisotopic (exact) mass is 330 g/mol. The van der Waals surface area contributed by atoms with E-state index >= 15 is 0 Å². The number of methoxy groups -OCH3 is 1. The summed E-state index contributed by atoms with van der Waals surface area (Å²) in [4.78, 5) is 23.1. The highest BCUT2D eigenvalue weighted by Crippen LogP contribution is 2.20. The number of ether oxygens (including phenoxy) is 2. The van der Waals surface area contributed by atoms with Gasteiger partial charge >= 0.3 is 11.8 Å². The van der Waals surface area contributed by atoms with E-state index in [4.69, 9.17) is 9.47 Å². The third-order valence-electron chi connectivity index (χ3n) is 3.39. The van der Waals surface area contributed by atoms with Crippen molar-refractivity contribution in [2.45, 2.75) is 6.42 Å². The highest BCUT2D eigenvalue weighted by atomic mass is 16.5. The van der Waals surface area contributed by atoms with E-state index < -0.39 is 11.8 Å². The van der Waals surface area contributed by atoms with Gasteiger partial charge in [-0.25, -0.2) is 0 Å². The highest BCUT2D eigenvalue weighted by Gasteiger charge is 2.11. The van der Waals surface area contributed by atoms with Gasteiger partial charge in [0.15, 0.2) is 0 Å². The molecular weight excluding hydrogens is 308 g/mol. The summed E-state index contributed by atoms with van der Waals surface area (Å²) in [6.45, 7) is 1.51. The summed E-state index contributed by atoms with van der Waals surface area (Å²) in [5.41, 5.74) is 0. The smallest absolute Gasteiger partial charge is 0.309 e. The molecule has 0 fully saturated rings. The molecule has 0 bridgehead atoms. The number of fused-ring (bicyclic) bond motifs is 1. The summed E-state index contributed by atoms with van der Waals surface area (Å²) in [6, 6.07) is 13.8. The molecule has 2 aromatic rings. The first-order valence-corrected chi connectivity index (χ1v) is 7.87. The lowest BCUT2D eigenvalue weighted by Gasteiger charge is -2.09. The van der Waals surface area contributed by atoms with Crippen LogP contribution in [0.25, 0.3) is 10.8 Å². The van der Waals surface area contributed by atoms with E-state index in [1.807, 2.05) is 42.5 Å². The van der Waals surface area contributed by atoms with Crippen LogP contribution < -0.4 is 15.4 Å². The molecule has 2 N–H and O–H groups in total. The van der Waals surface area contributed by atoms with Crippen LogP contribution in [0.4, 0.5) is 0 Å². The van der Waals surface area contributed by atoms with Crippen molar-refractivity contribution in [3.05, 3.63) is 42.5 Å². The molecule has 0 spiro atoms. The number of benzene rings is 2. The summed E-state index contributed by atoms with van der Waals surface area (Å²) in [5, 5.41) is 7.28. The Morgan fingerprint density at radius 1 is 0.917 bits per heavy atom. The van der Waals surface area contributed by atoms with Crippen molar-refractivity contribution in [1.29, 1.82) is 0 Å². The van der Waals surface area contributed by atoms with Crippen molar-refractivity contribution in [2.24, 2.45) is 0 Å². The second-order valence-corrected chi connectivity index (χ2v) is 5.22. The quantitative estimate of drug-likeness (QED) is 0.568. The summed E-state index contributed by atoms with van der Waals surface area (Å²) in [6.07, 6.45) is 0.667. The van der Waals surface area contributed by atoms with E-state index in [2.05, 4.69) is 10.6 Å². The van der Waals surface area contributed by atoms with E-state index in [9.17, 15) is 9.59 Å². The van der Waals surface area contributed by atoms with Crippen molar-refractivity contribution in [1.82, 2.24) is 10.6 Å². The van der Waals surface area contributed by atoms with Gasteiger partial charge in [-0.1, -0.05) is 30.3 Å². The summed E-state index contributed by atoms with van der Waals surface area (Å²) >= 11 is 0. The second kappa shape index (κ2) is 9.52. The van der Waals surface area contributed by atoms with Gasteiger partial charge in [0.25, 0.3) is 0 Å². The Balaban J connectivity index is 1.68. The summed E-state index contributed by atoms with van der Waals surface area (Å²) < 4.78 is 10.5. The van der Waals surface area contributed by atoms with Crippen LogP contribution in [0, 0.1) is 0 Å². The van der Waals surface area contributed by atoms with Crippen molar-refractivity contribution < 1.29 is 19.1 Å². The van der Waals surface area contributed by atoms with Crippen LogP contribution in [0.2, 0.25) is 0 Å². The fourth-order valence-electron chi connectivity index (χ4n) is 2.17. The number of hydrogen-bond acceptors (Lipinski definition) is 4. The third-order valence-corrected chi connectivity index (χ3v) is 3.39. The van der Waals surface area contributed by atoms with Gasteiger partial charge in [-0.3, -0.25) is 9.59 Å². The minimum absolute atomic E-state index is 0.261. The van der Waals surface area contributed by atoms with Crippen molar-refractivity contribution in [3.8, 4) is 5.75 Å². The molecule has 6 heteroatoms. The molecule has 0 saturated heterocycles. The van der Waals surface area contributed by atoms with Gasteiger partial charge in [-0.15, -0.1) is 0 Å². The van der Waals surface area contributed by atoms with E-state index in [-0.39, 0.29) is 6.54 Å². The minimum atomic E-state index is -0.658. The molecule has 0 aliphatic carbocycles. The summed E-state index contributed by atoms with van der Waals surface area (Å²) in [7, 11) is 1.59. The number of carbonyl (C=O) groups is 2. The average Bonchev–Trinajstić information content (AvgIpc) is 2.61. The predicted octanol–water partition coefficient (Wildman–Crippen LogP) is 1.49. The minimum Gasteiger partial charge on any atom is -0.492 e. The van der Waals surface area contributed by atoms with E-state index in [0.29, 0.717) is 26.2 Å². The molecule has 2 rings (SSSR count). The Morgan fingerprint density at radius 3 is 2.38 bits per heavy atom. The van der Waals surface area contributed by atoms with Gasteiger partial charge in [0, 0.05) is 20.3 Å². The molecule has 0 aromatic heterocycles. The average molecular weight is 330 g/mol. The standard InChI is InChI=1S/C18H22N2O4/c1-23-11-4-9-19-17(21)18(22)20-10-12-24-16-8-7-14-5-2-3-6-15(14)13-16/h2-3,5-8,13H,4,9-12H2,1H3,(H,19,21)(H,20,22). The molecule has 0 aliphatic rings. The number of carbonyl (C=O) groups excluding carboxylic acids is 2. The number of nitrogens with one attached hydrogen (secondary N) is 2. The third kappa shape index (κ3) is 5.55. The molecule has 0 atom stereocenters. The molecule has 0 radical (unpaired) electrons. The molecule has 0 unspecified atom stereocenters. The topological polar surface area (TPSA) is 76.7 Å². The maximum atomic E-state index is 11.6. The van der Waals surface area contributed by atoms with Crippen molar-refractivity contribution in [2.75, 3.05) is 33.4 Å². The molecule has 0 aliphatic heterocycles. The first-order chi connectivity index (χ1) is 11.7. The van der Waals surface area contributed by atoms with Gasteiger partial charge in [-0.2, -0.15) is 0 Å². The predicted molar refractivity (Wildman–Crippen MR) is 92.0 cm³/mol. The van der Waals surface area contributed by atoms with Crippen LogP contribution in [0.5, 0.6) is 5.75 Å². The van der Waals surface area contributed by atoms with Crippen molar-refractivity contribution >= 4 is 22.6 Å². The molecular formula is C18H22N2O4. The first-order valence-electron chi connectivity index (χ1n) is 7.87. The Bertz CT molecular complexity index is 688. The highest BCUT2D eigenvalue weighted by molar-refractivity contribution is 6.35. The van der Waals surface area contributed by atoms with Gasteiger partial charge < -0.3 is 20.1 Å². The molecule has 24 heavy (non-hydrogen) atoms. The molecule has 0 heterocycles. The normalized spacial score (nSPS) is 10.4. The Morgan fingerprint density at radius 2 is 1.62 bits per heavy atom. The Kier molecular flexibility index (Phi) is 7.04. The molecule has 2 aromatic carbocycles. The maximum absolute atomic E-state index is 11.6. The van der Waals surface area contributed by atoms with E-state index in [1.54, 1.807) is 7.11 Å². The summed E-state index contributed by atoms with van der Waals surface area (Å²) in [5.74, 6) is -0.571. The van der Waals surface area contributed by atoms with E-state index in [0.717, 1.165) is 16.5 Å². The van der Waals surface area contributed by atoms with Crippen LogP contribution in [-0.2, 0) is 14.3 Å². The fraction of sp³-hybridized carbons (Fsp3) is 0.333. The zero-order chi connectivity index (χ0) is 17.2. The van der Waals surface area contributed by atoms with Crippen LogP contribution in [0.3, 0.4) is 0 Å². The first kappa shape index (κ1) is 17.7. The van der Waals surface area contributed by atoms with Crippen molar-refractivity contribution in [3.63, 3.8) is 0 Å². The van der Waals surface area contributed by atoms with Crippen LogP contribution in [-0.4, -0.2) is 45.2 Å². The van der Waals surface area contributed by atoms with Crippen LogP contribution in [0.15, 0.2) is 42.5 Å². The fourth-order valence-corrected chi connectivity index (χ4v) is 2.17. The SMILES string of the molecule is COCCCNC(=O)C(=O)NCCOc1ccc2ccccc2c1. The number of hydrogen-bond donors (Lipinski definition) is 2. The lowest BCUT2D eigenvalue weighted by atomic mass is 10.1. The Labute approximate surface area is 141 Å². The van der Waals surface area contributed by atoms with Gasteiger partial charge in [0.05, 0.1) is 6.54 Å². The maximum Gasteiger partial charge on any atom is 0.309 e. The van der Waals surface area contributed by atoms with Gasteiger partial charge in [0.2, 0.25) is 0 Å². The zero-order valence-corrected chi connectivity index (χ0v) is 13.7. The zero-order valence-electron chi connectivity index (χ0n) is 13.7. The molecule has 128 valence electrons. The lowest BCUT2D eigenvalue weighted by molar-refractivity contribution is -0.139. The van der Waals surface area contributed by atoms with Gasteiger partial charge in [0.1, 0.15) is 12.4 Å². The largest absolute Gasteiger partial charge is 0.492 e. The second-order valence-electron chi connectivity index (χ2n) is 5.22. The van der Waals surface area contributed by atoms with E-state index in [1.165, 1.54) is 0 Å². The van der Waals surface area contributed by atoms with Crippen LogP contribution in [0.1, 0.15) is 6.42 Å².